The lowest BCUT2D eigenvalue weighted by atomic mass is 9.76. The number of ether oxygens (including phenoxy) is 1. The van der Waals surface area contributed by atoms with E-state index < -0.39 is 0 Å². The van der Waals surface area contributed by atoms with Gasteiger partial charge in [0.05, 0.1) is 18.5 Å². The topological polar surface area (TPSA) is 73.8 Å². The summed E-state index contributed by atoms with van der Waals surface area (Å²) in [6.45, 7) is 18.3. The van der Waals surface area contributed by atoms with Gasteiger partial charge in [0.2, 0.25) is 5.95 Å². The van der Waals surface area contributed by atoms with Gasteiger partial charge in [0, 0.05) is 74.3 Å². The maximum atomic E-state index is 12.7. The van der Waals surface area contributed by atoms with Crippen molar-refractivity contribution in [1.82, 2.24) is 19.8 Å². The highest BCUT2D eigenvalue weighted by Crippen LogP contribution is 2.44. The van der Waals surface area contributed by atoms with E-state index in [-0.39, 0.29) is 11.7 Å². The number of allylic oxidation sites excluding steroid dienone is 3. The maximum absolute atomic E-state index is 12.7. The Kier molecular flexibility index (Phi) is 12.7. The number of ketones is 1. The van der Waals surface area contributed by atoms with E-state index in [2.05, 4.69) is 98.5 Å². The van der Waals surface area contributed by atoms with E-state index >= 15 is 0 Å². The summed E-state index contributed by atoms with van der Waals surface area (Å²) in [5, 5.41) is 3.52. The average Bonchev–Trinajstić information content (AvgIpc) is 3.69. The van der Waals surface area contributed by atoms with Gasteiger partial charge in [-0.25, -0.2) is 9.97 Å². The first-order valence-corrected chi connectivity index (χ1v) is 18.8. The third kappa shape index (κ3) is 8.39. The molecule has 3 aromatic rings. The number of hydrogen-bond donors (Lipinski definition) is 1. The molecule has 2 heterocycles. The Morgan fingerprint density at radius 1 is 1.14 bits per heavy atom. The van der Waals surface area contributed by atoms with Gasteiger partial charge in [-0.1, -0.05) is 58.5 Å². The van der Waals surface area contributed by atoms with Crippen LogP contribution < -0.4 is 15.0 Å². The van der Waals surface area contributed by atoms with Crippen LogP contribution in [0.4, 0.5) is 17.3 Å². The third-order valence-electron chi connectivity index (χ3n) is 10.7. The van der Waals surface area contributed by atoms with Crippen LogP contribution in [0.3, 0.4) is 0 Å². The number of likely N-dealkylation sites (N-methyl/N-ethyl adjacent to an activating group) is 2. The van der Waals surface area contributed by atoms with Crippen LogP contribution in [0.25, 0.3) is 5.57 Å². The van der Waals surface area contributed by atoms with Gasteiger partial charge in [-0.15, -0.1) is 0 Å². The summed E-state index contributed by atoms with van der Waals surface area (Å²) in [5.74, 6) is 1.18. The second-order valence-corrected chi connectivity index (χ2v) is 14.4. The van der Waals surface area contributed by atoms with E-state index in [4.69, 9.17) is 14.7 Å². The van der Waals surface area contributed by atoms with Gasteiger partial charge in [0.15, 0.2) is 5.78 Å². The molecule has 51 heavy (non-hydrogen) atoms. The molecule has 2 aromatic carbocycles. The number of aryl methyl sites for hydroxylation is 1. The molecule has 8 heteroatoms. The molecular weight excluding hydrogens is 633 g/mol. The van der Waals surface area contributed by atoms with E-state index in [1.54, 1.807) is 7.11 Å². The summed E-state index contributed by atoms with van der Waals surface area (Å²) < 4.78 is 5.97. The highest BCUT2D eigenvalue weighted by molar-refractivity contribution is 6.04. The standard InChI is InChI=1S/C43H58N6O2/c1-10-13-17-32-18-16-19-33-35(32)26-31(11-2)42(49-22-14-15-23-49)41(33)36-20-21-44-43(45-36)46-37-27-34(29(4)30(5)39(50)12-3)38(28-40(37)51-9)48(8)25-24-47(6)7/h12,16,18-21,27-29,31H,3,5,10-11,13-15,17,22-26H2,1-2,4,6-9H3,(H,44,45,46). The third-order valence-corrected chi connectivity index (χ3v) is 10.7. The van der Waals surface area contributed by atoms with Gasteiger partial charge in [-0.3, -0.25) is 4.79 Å². The Hall–Kier alpha value is -4.43. The number of unbranched alkanes of at least 4 members (excludes halogenated alkanes) is 1. The number of carbonyl (C=O) groups is 1. The lowest BCUT2D eigenvalue weighted by Crippen LogP contribution is -2.30. The zero-order chi connectivity index (χ0) is 36.7. The van der Waals surface area contributed by atoms with Crippen LogP contribution in [0, 0.1) is 5.92 Å². The van der Waals surface area contributed by atoms with Crippen molar-refractivity contribution in [2.45, 2.75) is 71.6 Å². The molecule has 272 valence electrons. The van der Waals surface area contributed by atoms with E-state index in [1.807, 2.05) is 19.2 Å². The molecule has 5 rings (SSSR count). The highest BCUT2D eigenvalue weighted by Gasteiger charge is 2.33. The van der Waals surface area contributed by atoms with Crippen LogP contribution >= 0.6 is 0 Å². The Labute approximate surface area is 306 Å². The van der Waals surface area contributed by atoms with Crippen molar-refractivity contribution in [3.8, 4) is 5.75 Å². The maximum Gasteiger partial charge on any atom is 0.227 e. The lowest BCUT2D eigenvalue weighted by molar-refractivity contribution is -0.111. The number of methoxy groups -OCH3 is 1. The average molecular weight is 691 g/mol. The zero-order valence-corrected chi connectivity index (χ0v) is 32.0. The highest BCUT2D eigenvalue weighted by atomic mass is 16.5. The Bertz CT molecular complexity index is 1760. The quantitative estimate of drug-likeness (QED) is 0.142. The summed E-state index contributed by atoms with van der Waals surface area (Å²) in [6.07, 6.45) is 11.3. The van der Waals surface area contributed by atoms with E-state index in [0.717, 1.165) is 68.1 Å². The molecular formula is C43H58N6O2. The minimum atomic E-state index is -0.259. The van der Waals surface area contributed by atoms with Crippen LogP contribution in [-0.4, -0.2) is 80.0 Å². The second-order valence-electron chi connectivity index (χ2n) is 14.4. The first-order chi connectivity index (χ1) is 24.6. The number of anilines is 3. The van der Waals surface area contributed by atoms with Crippen molar-refractivity contribution in [3.63, 3.8) is 0 Å². The van der Waals surface area contributed by atoms with Gasteiger partial charge < -0.3 is 24.8 Å². The smallest absolute Gasteiger partial charge is 0.227 e. The van der Waals surface area contributed by atoms with Gasteiger partial charge >= 0.3 is 0 Å². The summed E-state index contributed by atoms with van der Waals surface area (Å²) in [5.41, 5.74) is 11.0. The number of benzene rings is 2. The summed E-state index contributed by atoms with van der Waals surface area (Å²) in [6, 6.07) is 13.0. The Morgan fingerprint density at radius 3 is 2.57 bits per heavy atom. The van der Waals surface area contributed by atoms with Crippen LogP contribution in [0.2, 0.25) is 0 Å². The molecule has 1 saturated heterocycles. The first kappa shape index (κ1) is 37.8. The molecule has 1 aliphatic carbocycles. The minimum absolute atomic E-state index is 0.163. The molecule has 1 aliphatic heterocycles. The first-order valence-electron chi connectivity index (χ1n) is 18.8. The number of rotatable bonds is 17. The number of carbonyl (C=O) groups excluding carboxylic acids is 1. The van der Waals surface area contributed by atoms with Crippen molar-refractivity contribution >= 4 is 28.7 Å². The number of aromatic nitrogens is 2. The minimum Gasteiger partial charge on any atom is -0.494 e. The normalized spacial score (nSPS) is 16.2. The number of nitrogens with one attached hydrogen (secondary N) is 1. The van der Waals surface area contributed by atoms with E-state index in [9.17, 15) is 4.79 Å². The fraction of sp³-hybridized carbons (Fsp3) is 0.465. The fourth-order valence-electron chi connectivity index (χ4n) is 7.59. The van der Waals surface area contributed by atoms with Crippen LogP contribution in [0.15, 0.2) is 73.1 Å². The molecule has 1 fully saturated rings. The lowest BCUT2D eigenvalue weighted by Gasteiger charge is -2.37. The van der Waals surface area contributed by atoms with Crippen molar-refractivity contribution in [2.75, 3.05) is 64.6 Å². The summed E-state index contributed by atoms with van der Waals surface area (Å²) in [4.78, 5) is 29.7. The van der Waals surface area contributed by atoms with E-state index in [1.165, 1.54) is 59.7 Å². The summed E-state index contributed by atoms with van der Waals surface area (Å²) >= 11 is 0. The zero-order valence-electron chi connectivity index (χ0n) is 32.0. The van der Waals surface area contributed by atoms with E-state index in [0.29, 0.717) is 23.2 Å². The Balaban J connectivity index is 1.62. The SMILES string of the molecule is C=CC(=O)C(=C)C(C)c1cc(Nc2nccc(C3=C(N4CCCC4)C(CC)Cc4c(CCCC)cccc43)n2)c(OC)cc1N(C)CCN(C)C. The number of hydrogen-bond acceptors (Lipinski definition) is 8. The molecule has 8 nitrogen and oxygen atoms in total. The van der Waals surface area contributed by atoms with Crippen molar-refractivity contribution in [2.24, 2.45) is 5.92 Å². The second kappa shape index (κ2) is 17.2. The van der Waals surface area contributed by atoms with Gasteiger partial charge in [0.25, 0.3) is 0 Å². The monoisotopic (exact) mass is 690 g/mol. The van der Waals surface area contributed by atoms with Crippen molar-refractivity contribution in [1.29, 1.82) is 0 Å². The Morgan fingerprint density at radius 2 is 1.90 bits per heavy atom. The summed E-state index contributed by atoms with van der Waals surface area (Å²) in [7, 11) is 7.87. The fourth-order valence-corrected chi connectivity index (χ4v) is 7.59. The number of nitrogens with zero attached hydrogens (tertiary/aromatic N) is 5. The van der Waals surface area contributed by atoms with Crippen molar-refractivity contribution < 1.29 is 9.53 Å². The predicted molar refractivity (Wildman–Crippen MR) is 212 cm³/mol. The van der Waals surface area contributed by atoms with Gasteiger partial charge in [0.1, 0.15) is 5.75 Å². The molecule has 0 bridgehead atoms. The molecule has 2 atom stereocenters. The van der Waals surface area contributed by atoms with Crippen molar-refractivity contribution in [3.05, 3.63) is 101 Å². The van der Waals surface area contributed by atoms with Gasteiger partial charge in [-0.05, 0) is 98.7 Å². The molecule has 1 N–H and O–H groups in total. The number of likely N-dealkylation sites (tertiary alicyclic amines) is 1. The van der Waals surface area contributed by atoms with Crippen LogP contribution in [0.5, 0.6) is 5.75 Å². The molecule has 2 aliphatic rings. The van der Waals surface area contributed by atoms with Crippen LogP contribution in [0.1, 0.15) is 86.7 Å². The largest absolute Gasteiger partial charge is 0.494 e. The molecule has 2 unspecified atom stereocenters. The molecule has 1 aromatic heterocycles. The number of fused-ring (bicyclic) bond motifs is 1. The van der Waals surface area contributed by atoms with Crippen LogP contribution in [-0.2, 0) is 17.6 Å². The predicted octanol–water partition coefficient (Wildman–Crippen LogP) is 8.42. The van der Waals surface area contributed by atoms with Gasteiger partial charge in [-0.2, -0.15) is 0 Å². The molecule has 0 amide bonds. The molecule has 0 radical (unpaired) electrons. The molecule has 0 saturated carbocycles. The molecule has 0 spiro atoms.